The first-order chi connectivity index (χ1) is 16.5. The number of methoxy groups -OCH3 is 1. The first-order valence-electron chi connectivity index (χ1n) is 11.1. The van der Waals surface area contributed by atoms with E-state index in [1.54, 1.807) is 31.4 Å². The number of aliphatic hydroxyl groups is 1. The Hall–Kier alpha value is -3.37. The van der Waals surface area contributed by atoms with Crippen LogP contribution >= 0.6 is 11.8 Å². The number of thioether (sulfide) groups is 1. The summed E-state index contributed by atoms with van der Waals surface area (Å²) < 4.78 is 6.93. The highest BCUT2D eigenvalue weighted by Crippen LogP contribution is 2.29. The number of nitrogens with zero attached hydrogens (tertiary/aromatic N) is 4. The number of carbonyl (C=O) groups is 2. The molecule has 0 bridgehead atoms. The fourth-order valence-corrected chi connectivity index (χ4v) is 4.82. The number of hydrogen-bond acceptors (Lipinski definition) is 7. The molecule has 0 fully saturated rings. The van der Waals surface area contributed by atoms with Gasteiger partial charge >= 0.3 is 0 Å². The number of fused-ring (bicyclic) bond motifs is 1. The first-order valence-corrected chi connectivity index (χ1v) is 12.0. The van der Waals surface area contributed by atoms with Gasteiger partial charge in [0, 0.05) is 24.3 Å². The van der Waals surface area contributed by atoms with Crippen LogP contribution in [-0.4, -0.2) is 57.7 Å². The predicted molar refractivity (Wildman–Crippen MR) is 129 cm³/mol. The summed E-state index contributed by atoms with van der Waals surface area (Å²) in [5.74, 6) is 0.968. The third kappa shape index (κ3) is 4.92. The van der Waals surface area contributed by atoms with Crippen LogP contribution in [0.3, 0.4) is 0 Å². The van der Waals surface area contributed by atoms with Crippen molar-refractivity contribution >= 4 is 29.3 Å². The van der Waals surface area contributed by atoms with Gasteiger partial charge in [-0.25, -0.2) is 0 Å². The molecule has 34 heavy (non-hydrogen) atoms. The summed E-state index contributed by atoms with van der Waals surface area (Å²) in [5, 5.41) is 21.8. The molecule has 1 aromatic heterocycles. The van der Waals surface area contributed by atoms with E-state index in [2.05, 4.69) is 15.5 Å². The zero-order valence-electron chi connectivity index (χ0n) is 19.1. The molecule has 9 nitrogen and oxygen atoms in total. The largest absolute Gasteiger partial charge is 0.497 e. The summed E-state index contributed by atoms with van der Waals surface area (Å²) in [4.78, 5) is 27.4. The number of benzene rings is 2. The molecule has 2 amide bonds. The lowest BCUT2D eigenvalue weighted by Crippen LogP contribution is -2.33. The molecule has 1 atom stereocenters. The predicted octanol–water partition coefficient (Wildman–Crippen LogP) is 2.45. The van der Waals surface area contributed by atoms with E-state index < -0.39 is 6.04 Å². The number of hydrogen-bond donors (Lipinski definition) is 2. The number of aromatic nitrogens is 3. The fraction of sp³-hybridized carbons (Fsp3) is 0.333. The summed E-state index contributed by atoms with van der Waals surface area (Å²) in [6.45, 7) is 2.79. The van der Waals surface area contributed by atoms with Crippen LogP contribution in [0.25, 0.3) is 0 Å². The lowest BCUT2D eigenvalue weighted by molar-refractivity contribution is -0.116. The summed E-state index contributed by atoms with van der Waals surface area (Å²) >= 11 is 1.30. The Morgan fingerprint density at radius 2 is 1.94 bits per heavy atom. The van der Waals surface area contributed by atoms with E-state index in [4.69, 9.17) is 4.74 Å². The number of rotatable bonds is 9. The zero-order chi connectivity index (χ0) is 24.1. The number of para-hydroxylation sites is 1. The number of amides is 2. The molecule has 1 aliphatic heterocycles. The summed E-state index contributed by atoms with van der Waals surface area (Å²) in [6.07, 6.45) is 0.855. The molecular weight excluding hydrogens is 454 g/mol. The van der Waals surface area contributed by atoms with Crippen molar-refractivity contribution in [2.24, 2.45) is 0 Å². The van der Waals surface area contributed by atoms with Crippen LogP contribution in [0.15, 0.2) is 53.7 Å². The van der Waals surface area contributed by atoms with E-state index in [1.807, 2.05) is 40.7 Å². The topological polar surface area (TPSA) is 110 Å². The lowest BCUT2D eigenvalue weighted by Gasteiger charge is -2.18. The third-order valence-electron chi connectivity index (χ3n) is 5.73. The summed E-state index contributed by atoms with van der Waals surface area (Å²) in [5.41, 5.74) is 2.58. The molecular formula is C24H27N5O4S. The van der Waals surface area contributed by atoms with Gasteiger partial charge in [0.15, 0.2) is 11.0 Å². The number of carbonyl (C=O) groups excluding carboxylic acids is 2. The monoisotopic (exact) mass is 481 g/mol. The van der Waals surface area contributed by atoms with Crippen LogP contribution < -0.4 is 15.0 Å². The molecule has 0 saturated carbocycles. The van der Waals surface area contributed by atoms with Crippen molar-refractivity contribution < 1.29 is 19.4 Å². The second-order valence-electron chi connectivity index (χ2n) is 7.73. The number of ether oxygens (including phenoxy) is 1. The second kappa shape index (κ2) is 10.7. The van der Waals surface area contributed by atoms with Crippen LogP contribution in [0, 0.1) is 0 Å². The highest BCUT2D eigenvalue weighted by molar-refractivity contribution is 7.99. The first kappa shape index (κ1) is 23.8. The minimum atomic E-state index is -0.738. The van der Waals surface area contributed by atoms with E-state index in [9.17, 15) is 14.7 Å². The van der Waals surface area contributed by atoms with Crippen molar-refractivity contribution in [3.8, 4) is 5.75 Å². The molecule has 2 heterocycles. The van der Waals surface area contributed by atoms with Crippen molar-refractivity contribution in [3.05, 3.63) is 65.5 Å². The maximum absolute atomic E-state index is 12.9. The van der Waals surface area contributed by atoms with Crippen LogP contribution in [0.1, 0.15) is 34.7 Å². The van der Waals surface area contributed by atoms with Gasteiger partial charge in [-0.1, -0.05) is 30.0 Å². The molecule has 0 radical (unpaired) electrons. The Morgan fingerprint density at radius 3 is 2.65 bits per heavy atom. The van der Waals surface area contributed by atoms with E-state index in [0.29, 0.717) is 35.4 Å². The third-order valence-corrected chi connectivity index (χ3v) is 6.68. The Balaban J connectivity index is 1.43. The van der Waals surface area contributed by atoms with Gasteiger partial charge in [0.2, 0.25) is 5.91 Å². The standard InChI is InChI=1S/C24H27N5O4S/c1-3-28-22(19(14-30)25-23(32)17-8-10-18(33-2)11-9-17)26-27-24(28)34-15-21(31)29-13-12-16-6-4-5-7-20(16)29/h4-11,19,30H,3,12-15H2,1-2H3,(H,25,32)/t19-/m1/s1. The van der Waals surface area contributed by atoms with Crippen LogP contribution in [0.2, 0.25) is 0 Å². The van der Waals surface area contributed by atoms with Crippen molar-refractivity contribution in [2.45, 2.75) is 31.1 Å². The molecule has 1 aliphatic rings. The maximum Gasteiger partial charge on any atom is 0.251 e. The van der Waals surface area contributed by atoms with Gasteiger partial charge < -0.3 is 24.6 Å². The number of anilines is 1. The minimum absolute atomic E-state index is 0.00803. The molecule has 10 heteroatoms. The molecule has 0 saturated heterocycles. The molecule has 2 N–H and O–H groups in total. The van der Waals surface area contributed by atoms with Gasteiger partial charge in [-0.3, -0.25) is 9.59 Å². The van der Waals surface area contributed by atoms with E-state index in [0.717, 1.165) is 12.1 Å². The quantitative estimate of drug-likeness (QED) is 0.452. The normalized spacial score (nSPS) is 13.4. The second-order valence-corrected chi connectivity index (χ2v) is 8.68. The van der Waals surface area contributed by atoms with E-state index in [1.165, 1.54) is 17.3 Å². The molecule has 0 unspecified atom stereocenters. The molecule has 2 aromatic carbocycles. The number of nitrogens with one attached hydrogen (secondary N) is 1. The Morgan fingerprint density at radius 1 is 1.18 bits per heavy atom. The molecule has 4 rings (SSSR count). The van der Waals surface area contributed by atoms with Gasteiger partial charge in [0.1, 0.15) is 11.8 Å². The van der Waals surface area contributed by atoms with Gasteiger partial charge in [-0.05, 0) is 49.2 Å². The van der Waals surface area contributed by atoms with Gasteiger partial charge in [0.05, 0.1) is 19.5 Å². The van der Waals surface area contributed by atoms with Crippen molar-refractivity contribution in [3.63, 3.8) is 0 Å². The van der Waals surface area contributed by atoms with E-state index >= 15 is 0 Å². The SMILES string of the molecule is CCn1c(SCC(=O)N2CCc3ccccc32)nnc1[C@@H](CO)NC(=O)c1ccc(OC)cc1. The summed E-state index contributed by atoms with van der Waals surface area (Å²) in [7, 11) is 1.56. The van der Waals surface area contributed by atoms with Crippen molar-refractivity contribution in [1.29, 1.82) is 0 Å². The van der Waals surface area contributed by atoms with Crippen LogP contribution in [0.5, 0.6) is 5.75 Å². The molecule has 178 valence electrons. The van der Waals surface area contributed by atoms with Gasteiger partial charge in [-0.2, -0.15) is 0 Å². The zero-order valence-corrected chi connectivity index (χ0v) is 19.9. The highest BCUT2D eigenvalue weighted by atomic mass is 32.2. The lowest BCUT2D eigenvalue weighted by atomic mass is 10.2. The van der Waals surface area contributed by atoms with Crippen molar-refractivity contribution in [1.82, 2.24) is 20.1 Å². The smallest absolute Gasteiger partial charge is 0.251 e. The van der Waals surface area contributed by atoms with Crippen molar-refractivity contribution in [2.75, 3.05) is 30.9 Å². The van der Waals surface area contributed by atoms with Crippen LogP contribution in [0.4, 0.5) is 5.69 Å². The fourth-order valence-electron chi connectivity index (χ4n) is 3.94. The highest BCUT2D eigenvalue weighted by Gasteiger charge is 2.26. The van der Waals surface area contributed by atoms with Crippen LogP contribution in [-0.2, 0) is 17.8 Å². The minimum Gasteiger partial charge on any atom is -0.497 e. The Kier molecular flexibility index (Phi) is 7.49. The van der Waals surface area contributed by atoms with Gasteiger partial charge in [-0.15, -0.1) is 10.2 Å². The Labute approximate surface area is 202 Å². The molecule has 3 aromatic rings. The molecule has 0 aliphatic carbocycles. The van der Waals surface area contributed by atoms with Gasteiger partial charge in [0.25, 0.3) is 5.91 Å². The number of aliphatic hydroxyl groups excluding tert-OH is 1. The average Bonchev–Trinajstić information content (AvgIpc) is 3.49. The summed E-state index contributed by atoms with van der Waals surface area (Å²) in [6, 6.07) is 13.9. The Bertz CT molecular complexity index is 1160. The van der Waals surface area contributed by atoms with E-state index in [-0.39, 0.29) is 24.2 Å². The average molecular weight is 482 g/mol. The maximum atomic E-state index is 12.9. The molecule has 0 spiro atoms.